The van der Waals surface area contributed by atoms with Gasteiger partial charge in [0.15, 0.2) is 0 Å². The third-order valence-electron chi connectivity index (χ3n) is 1.55. The first kappa shape index (κ1) is 9.80. The van der Waals surface area contributed by atoms with E-state index < -0.39 is 0 Å². The van der Waals surface area contributed by atoms with Crippen LogP contribution in [0.3, 0.4) is 0 Å². The Morgan fingerprint density at radius 3 is 2.92 bits per heavy atom. The van der Waals surface area contributed by atoms with Gasteiger partial charge in [0.25, 0.3) is 0 Å². The van der Waals surface area contributed by atoms with E-state index >= 15 is 0 Å². The van der Waals surface area contributed by atoms with Crippen molar-refractivity contribution in [2.75, 3.05) is 20.1 Å². The van der Waals surface area contributed by atoms with Gasteiger partial charge in [0, 0.05) is 25.5 Å². The number of hydrogen-bond donors (Lipinski definition) is 1. The minimum absolute atomic E-state index is 0.729. The Bertz CT molecular complexity index is 268. The van der Waals surface area contributed by atoms with Crippen molar-refractivity contribution < 1.29 is 0 Å². The number of likely N-dealkylation sites (N-methyl/N-ethyl adjacent to an activating group) is 1. The second-order valence-corrected chi connectivity index (χ2v) is 2.54. The van der Waals surface area contributed by atoms with Crippen LogP contribution in [0.4, 0.5) is 0 Å². The van der Waals surface area contributed by atoms with Crippen molar-refractivity contribution in [1.82, 2.24) is 15.3 Å². The van der Waals surface area contributed by atoms with Gasteiger partial charge < -0.3 is 5.32 Å². The van der Waals surface area contributed by atoms with Crippen molar-refractivity contribution in [2.45, 2.75) is 6.92 Å². The van der Waals surface area contributed by atoms with Crippen LogP contribution >= 0.6 is 0 Å². The molecular formula is C9H14N4. The quantitative estimate of drug-likeness (QED) is 0.683. The SMILES string of the molecule is CC/N=C(/CNC)c1cnccn1. The maximum absolute atomic E-state index is 4.34. The molecule has 1 aromatic rings. The highest BCUT2D eigenvalue weighted by Gasteiger charge is 2.01. The van der Waals surface area contributed by atoms with Crippen molar-refractivity contribution in [2.24, 2.45) is 4.99 Å². The zero-order valence-electron chi connectivity index (χ0n) is 7.99. The minimum Gasteiger partial charge on any atom is -0.314 e. The minimum atomic E-state index is 0.729. The van der Waals surface area contributed by atoms with Gasteiger partial charge in [0.2, 0.25) is 0 Å². The molecule has 0 fully saturated rings. The first-order valence-corrected chi connectivity index (χ1v) is 4.32. The van der Waals surface area contributed by atoms with E-state index in [0.29, 0.717) is 0 Å². The molecule has 0 aliphatic rings. The molecule has 0 saturated carbocycles. The van der Waals surface area contributed by atoms with Crippen molar-refractivity contribution in [3.8, 4) is 0 Å². The van der Waals surface area contributed by atoms with E-state index in [-0.39, 0.29) is 0 Å². The Labute approximate surface area is 78.1 Å². The summed E-state index contributed by atoms with van der Waals surface area (Å²) in [6.45, 7) is 3.51. The van der Waals surface area contributed by atoms with Gasteiger partial charge in [-0.1, -0.05) is 0 Å². The zero-order valence-corrected chi connectivity index (χ0v) is 7.99. The van der Waals surface area contributed by atoms with Crippen LogP contribution in [-0.4, -0.2) is 35.8 Å². The first-order valence-electron chi connectivity index (χ1n) is 4.32. The molecule has 0 amide bonds. The van der Waals surface area contributed by atoms with E-state index in [0.717, 1.165) is 24.5 Å². The Balaban J connectivity index is 2.83. The predicted molar refractivity (Wildman–Crippen MR) is 53.0 cm³/mol. The van der Waals surface area contributed by atoms with Gasteiger partial charge in [-0.2, -0.15) is 0 Å². The molecular weight excluding hydrogens is 164 g/mol. The zero-order chi connectivity index (χ0) is 9.52. The summed E-state index contributed by atoms with van der Waals surface area (Å²) in [5, 5.41) is 3.05. The topological polar surface area (TPSA) is 50.2 Å². The molecule has 1 rings (SSSR count). The molecule has 0 bridgehead atoms. The molecule has 70 valence electrons. The standard InChI is InChI=1S/C9H14N4/c1-3-12-8(6-10-2)9-7-11-4-5-13-9/h4-5,7,10H,3,6H2,1-2H3/b12-8-. The van der Waals surface area contributed by atoms with Gasteiger partial charge in [-0.3, -0.25) is 15.0 Å². The van der Waals surface area contributed by atoms with Crippen LogP contribution in [0.1, 0.15) is 12.6 Å². The average Bonchev–Trinajstić information content (AvgIpc) is 2.19. The number of nitrogens with zero attached hydrogens (tertiary/aromatic N) is 3. The summed E-state index contributed by atoms with van der Waals surface area (Å²) in [5.41, 5.74) is 1.80. The van der Waals surface area contributed by atoms with Crippen LogP contribution in [0.15, 0.2) is 23.6 Å². The smallest absolute Gasteiger partial charge is 0.104 e. The van der Waals surface area contributed by atoms with Gasteiger partial charge in [-0.15, -0.1) is 0 Å². The van der Waals surface area contributed by atoms with Gasteiger partial charge >= 0.3 is 0 Å². The maximum atomic E-state index is 4.34. The van der Waals surface area contributed by atoms with E-state index in [2.05, 4.69) is 20.3 Å². The summed E-state index contributed by atoms with van der Waals surface area (Å²) in [6, 6.07) is 0. The molecule has 13 heavy (non-hydrogen) atoms. The van der Waals surface area contributed by atoms with Gasteiger partial charge in [-0.05, 0) is 14.0 Å². The second-order valence-electron chi connectivity index (χ2n) is 2.54. The van der Waals surface area contributed by atoms with E-state index in [4.69, 9.17) is 0 Å². The fraction of sp³-hybridized carbons (Fsp3) is 0.444. The number of hydrogen-bond acceptors (Lipinski definition) is 4. The van der Waals surface area contributed by atoms with Crippen molar-refractivity contribution in [1.29, 1.82) is 0 Å². The fourth-order valence-electron chi connectivity index (χ4n) is 1.03. The van der Waals surface area contributed by atoms with E-state index in [1.165, 1.54) is 0 Å². The number of aromatic nitrogens is 2. The van der Waals surface area contributed by atoms with Crippen LogP contribution in [0, 0.1) is 0 Å². The molecule has 0 saturated heterocycles. The van der Waals surface area contributed by atoms with Gasteiger partial charge in [-0.25, -0.2) is 0 Å². The molecule has 0 aliphatic heterocycles. The van der Waals surface area contributed by atoms with Gasteiger partial charge in [0.05, 0.1) is 11.9 Å². The predicted octanol–water partition coefficient (Wildman–Crippen LogP) is 0.505. The van der Waals surface area contributed by atoms with Crippen LogP contribution in [0.25, 0.3) is 0 Å². The molecule has 0 atom stereocenters. The second kappa shape index (κ2) is 5.37. The summed E-state index contributed by atoms with van der Waals surface area (Å²) in [4.78, 5) is 12.5. The summed E-state index contributed by atoms with van der Waals surface area (Å²) in [7, 11) is 1.89. The highest BCUT2D eigenvalue weighted by Crippen LogP contribution is 1.93. The number of rotatable bonds is 4. The van der Waals surface area contributed by atoms with Crippen molar-refractivity contribution in [3.05, 3.63) is 24.3 Å². The summed E-state index contributed by atoms with van der Waals surface area (Å²) in [5.74, 6) is 0. The molecule has 1 aromatic heterocycles. The summed E-state index contributed by atoms with van der Waals surface area (Å²) in [6.07, 6.45) is 5.06. The Kier molecular flexibility index (Phi) is 4.05. The van der Waals surface area contributed by atoms with Crippen molar-refractivity contribution >= 4 is 5.71 Å². The van der Waals surface area contributed by atoms with E-state index in [9.17, 15) is 0 Å². The molecule has 4 nitrogen and oxygen atoms in total. The lowest BCUT2D eigenvalue weighted by atomic mass is 10.3. The number of nitrogens with one attached hydrogen (secondary N) is 1. The molecule has 0 aromatic carbocycles. The molecule has 0 spiro atoms. The van der Waals surface area contributed by atoms with Gasteiger partial charge in [0.1, 0.15) is 5.69 Å². The molecule has 1 heterocycles. The molecule has 0 aliphatic carbocycles. The summed E-state index contributed by atoms with van der Waals surface area (Å²) >= 11 is 0. The fourth-order valence-corrected chi connectivity index (χ4v) is 1.03. The summed E-state index contributed by atoms with van der Waals surface area (Å²) < 4.78 is 0. The third-order valence-corrected chi connectivity index (χ3v) is 1.55. The Morgan fingerprint density at radius 2 is 2.38 bits per heavy atom. The maximum Gasteiger partial charge on any atom is 0.104 e. The molecule has 4 heteroatoms. The number of aliphatic imine (C=N–C) groups is 1. The lowest BCUT2D eigenvalue weighted by molar-refractivity contribution is 0.931. The monoisotopic (exact) mass is 178 g/mol. The van der Waals surface area contributed by atoms with Crippen LogP contribution < -0.4 is 5.32 Å². The van der Waals surface area contributed by atoms with Crippen LogP contribution in [0.2, 0.25) is 0 Å². The normalized spacial score (nSPS) is 11.7. The molecule has 1 N–H and O–H groups in total. The lowest BCUT2D eigenvalue weighted by Crippen LogP contribution is -2.21. The largest absolute Gasteiger partial charge is 0.314 e. The first-order chi connectivity index (χ1) is 6.38. The van der Waals surface area contributed by atoms with Crippen LogP contribution in [0.5, 0.6) is 0 Å². The highest BCUT2D eigenvalue weighted by atomic mass is 14.9. The molecule has 0 radical (unpaired) electrons. The average molecular weight is 178 g/mol. The van der Waals surface area contributed by atoms with Crippen molar-refractivity contribution in [3.63, 3.8) is 0 Å². The molecule has 0 unspecified atom stereocenters. The third kappa shape index (κ3) is 2.91. The van der Waals surface area contributed by atoms with Crippen LogP contribution in [-0.2, 0) is 0 Å². The Morgan fingerprint density at radius 1 is 1.54 bits per heavy atom. The Hall–Kier alpha value is -1.29. The van der Waals surface area contributed by atoms with E-state index in [1.54, 1.807) is 18.6 Å². The highest BCUT2D eigenvalue weighted by molar-refractivity contribution is 6.00. The lowest BCUT2D eigenvalue weighted by Gasteiger charge is -2.03. The van der Waals surface area contributed by atoms with E-state index in [1.807, 2.05) is 14.0 Å².